The molecule has 0 aromatic carbocycles. The van der Waals surface area contributed by atoms with E-state index in [0.29, 0.717) is 11.6 Å². The molecule has 3 fully saturated rings. The molecule has 3 aliphatic carbocycles. The van der Waals surface area contributed by atoms with Gasteiger partial charge in [0, 0.05) is 11.6 Å². The summed E-state index contributed by atoms with van der Waals surface area (Å²) in [5.74, 6) is 3.04. The largest absolute Gasteiger partial charge is 0.326 e. The van der Waals surface area contributed by atoms with Crippen LogP contribution >= 0.6 is 0 Å². The Morgan fingerprint density at radius 1 is 1.10 bits per heavy atom. The van der Waals surface area contributed by atoms with Crippen molar-refractivity contribution in [2.75, 3.05) is 13.1 Å². The van der Waals surface area contributed by atoms with Crippen LogP contribution in [0.15, 0.2) is 0 Å². The summed E-state index contributed by atoms with van der Waals surface area (Å²) in [4.78, 5) is 2.69. The number of nitrogens with zero attached hydrogens (tertiary/aromatic N) is 1. The van der Waals surface area contributed by atoms with Crippen LogP contribution in [-0.4, -0.2) is 29.6 Å². The van der Waals surface area contributed by atoms with Gasteiger partial charge in [-0.15, -0.1) is 0 Å². The van der Waals surface area contributed by atoms with Crippen molar-refractivity contribution in [3.63, 3.8) is 0 Å². The van der Waals surface area contributed by atoms with E-state index in [9.17, 15) is 0 Å². The fourth-order valence-electron chi connectivity index (χ4n) is 5.97. The highest BCUT2D eigenvalue weighted by molar-refractivity contribution is 5.04. The molecule has 3 saturated carbocycles. The predicted octanol–water partition coefficient (Wildman–Crippen LogP) is 3.79. The monoisotopic (exact) mass is 278 g/mol. The molecule has 0 radical (unpaired) electrons. The Labute approximate surface area is 125 Å². The van der Waals surface area contributed by atoms with Crippen molar-refractivity contribution in [2.24, 2.45) is 23.5 Å². The van der Waals surface area contributed by atoms with Crippen LogP contribution in [0.3, 0.4) is 0 Å². The van der Waals surface area contributed by atoms with Crippen LogP contribution in [0.4, 0.5) is 0 Å². The Morgan fingerprint density at radius 3 is 2.30 bits per heavy atom. The summed E-state index contributed by atoms with van der Waals surface area (Å²) < 4.78 is 0. The van der Waals surface area contributed by atoms with Crippen LogP contribution in [0.2, 0.25) is 0 Å². The minimum Gasteiger partial charge on any atom is -0.326 e. The van der Waals surface area contributed by atoms with E-state index in [1.807, 2.05) is 0 Å². The first-order valence-electron chi connectivity index (χ1n) is 9.20. The van der Waals surface area contributed by atoms with Gasteiger partial charge in [0.15, 0.2) is 0 Å². The maximum atomic E-state index is 6.84. The average Bonchev–Trinajstić information content (AvgIpc) is 3.16. The molecule has 0 spiro atoms. The van der Waals surface area contributed by atoms with E-state index >= 15 is 0 Å². The summed E-state index contributed by atoms with van der Waals surface area (Å²) in [6.07, 6.45) is 12.8. The van der Waals surface area contributed by atoms with E-state index in [2.05, 4.69) is 18.7 Å². The first kappa shape index (κ1) is 14.8. The van der Waals surface area contributed by atoms with E-state index in [1.165, 1.54) is 70.9 Å². The molecule has 20 heavy (non-hydrogen) atoms. The molecule has 2 heteroatoms. The van der Waals surface area contributed by atoms with Crippen molar-refractivity contribution in [2.45, 2.75) is 83.2 Å². The molecule has 2 nitrogen and oxygen atoms in total. The van der Waals surface area contributed by atoms with Crippen LogP contribution in [0.5, 0.6) is 0 Å². The van der Waals surface area contributed by atoms with E-state index in [0.717, 1.165) is 17.8 Å². The molecule has 4 unspecified atom stereocenters. The number of likely N-dealkylation sites (N-methyl/N-ethyl adjacent to an activating group) is 1. The molecular weight excluding hydrogens is 244 g/mol. The van der Waals surface area contributed by atoms with Crippen molar-refractivity contribution in [3.05, 3.63) is 0 Å². The zero-order valence-corrected chi connectivity index (χ0v) is 13.6. The van der Waals surface area contributed by atoms with E-state index < -0.39 is 0 Å². The van der Waals surface area contributed by atoms with Gasteiger partial charge in [-0.25, -0.2) is 0 Å². The smallest absolute Gasteiger partial charge is 0.0360 e. The fourth-order valence-corrected chi connectivity index (χ4v) is 5.97. The van der Waals surface area contributed by atoms with Crippen molar-refractivity contribution in [1.82, 2.24) is 4.90 Å². The van der Waals surface area contributed by atoms with Gasteiger partial charge < -0.3 is 5.73 Å². The van der Waals surface area contributed by atoms with E-state index in [4.69, 9.17) is 5.73 Å². The van der Waals surface area contributed by atoms with Gasteiger partial charge in [-0.2, -0.15) is 0 Å². The second-order valence-corrected chi connectivity index (χ2v) is 7.76. The van der Waals surface area contributed by atoms with Crippen molar-refractivity contribution >= 4 is 0 Å². The predicted molar refractivity (Wildman–Crippen MR) is 85.7 cm³/mol. The molecule has 0 aromatic heterocycles. The van der Waals surface area contributed by atoms with Crippen LogP contribution in [0.1, 0.15) is 71.6 Å². The molecule has 0 saturated heterocycles. The Morgan fingerprint density at radius 2 is 1.80 bits per heavy atom. The normalized spacial score (nSPS) is 36.9. The van der Waals surface area contributed by atoms with Crippen LogP contribution in [0.25, 0.3) is 0 Å². The van der Waals surface area contributed by atoms with Gasteiger partial charge in [0.1, 0.15) is 0 Å². The van der Waals surface area contributed by atoms with Gasteiger partial charge in [0.25, 0.3) is 0 Å². The van der Waals surface area contributed by atoms with E-state index in [1.54, 1.807) is 0 Å². The third kappa shape index (κ3) is 2.43. The molecule has 0 aliphatic heterocycles. The number of nitrogens with two attached hydrogens (primary N) is 1. The van der Waals surface area contributed by atoms with Crippen LogP contribution in [-0.2, 0) is 0 Å². The zero-order chi connectivity index (χ0) is 14.2. The third-order valence-corrected chi connectivity index (χ3v) is 6.99. The summed E-state index contributed by atoms with van der Waals surface area (Å²) in [5.41, 5.74) is 7.17. The Balaban J connectivity index is 1.68. The van der Waals surface area contributed by atoms with Crippen molar-refractivity contribution in [3.8, 4) is 0 Å². The van der Waals surface area contributed by atoms with Crippen LogP contribution < -0.4 is 5.73 Å². The fraction of sp³-hybridized carbons (Fsp3) is 1.00. The van der Waals surface area contributed by atoms with Gasteiger partial charge >= 0.3 is 0 Å². The first-order valence-corrected chi connectivity index (χ1v) is 9.20. The van der Waals surface area contributed by atoms with Gasteiger partial charge in [0.2, 0.25) is 0 Å². The lowest BCUT2D eigenvalue weighted by molar-refractivity contribution is 0.0637. The number of rotatable bonds is 6. The third-order valence-electron chi connectivity index (χ3n) is 6.99. The Bertz CT molecular complexity index is 317. The molecule has 3 aliphatic rings. The lowest BCUT2D eigenvalue weighted by Gasteiger charge is -2.46. The molecular formula is C18H34N2. The second kappa shape index (κ2) is 5.96. The topological polar surface area (TPSA) is 29.3 Å². The maximum Gasteiger partial charge on any atom is 0.0360 e. The Hall–Kier alpha value is -0.0800. The summed E-state index contributed by atoms with van der Waals surface area (Å²) in [6, 6.07) is 0.411. The van der Waals surface area contributed by atoms with E-state index in [-0.39, 0.29) is 0 Å². The maximum absolute atomic E-state index is 6.84. The number of fused-ring (bicyclic) bond motifs is 2. The highest BCUT2D eigenvalue weighted by Crippen LogP contribution is 2.51. The number of hydrogen-bond donors (Lipinski definition) is 1. The summed E-state index contributed by atoms with van der Waals surface area (Å²) in [5, 5.41) is 0. The molecule has 0 aromatic rings. The standard InChI is InChI=1S/C18H34N2/c1-3-20(4-2)18(9-5-6-10-18)17(19)13-16-12-14-7-8-15(16)11-14/h14-17H,3-13,19H2,1-2H3. The molecule has 2 N–H and O–H groups in total. The van der Waals surface area contributed by atoms with Gasteiger partial charge in [-0.05, 0) is 69.4 Å². The van der Waals surface area contributed by atoms with Crippen molar-refractivity contribution < 1.29 is 0 Å². The lowest BCUT2D eigenvalue weighted by Crippen LogP contribution is -2.59. The molecule has 0 amide bonds. The minimum absolute atomic E-state index is 0.339. The first-order chi connectivity index (χ1) is 9.69. The lowest BCUT2D eigenvalue weighted by atomic mass is 9.77. The summed E-state index contributed by atoms with van der Waals surface area (Å²) in [7, 11) is 0. The highest BCUT2D eigenvalue weighted by atomic mass is 15.2. The summed E-state index contributed by atoms with van der Waals surface area (Å²) in [6.45, 7) is 6.96. The molecule has 2 bridgehead atoms. The van der Waals surface area contributed by atoms with Gasteiger partial charge in [-0.1, -0.05) is 33.1 Å². The average molecular weight is 278 g/mol. The SMILES string of the molecule is CCN(CC)C1(C(N)CC2CC3CCC2C3)CCCC1. The highest BCUT2D eigenvalue weighted by Gasteiger charge is 2.46. The summed E-state index contributed by atoms with van der Waals surface area (Å²) >= 11 is 0. The van der Waals surface area contributed by atoms with Gasteiger partial charge in [-0.3, -0.25) is 4.90 Å². The quantitative estimate of drug-likeness (QED) is 0.801. The van der Waals surface area contributed by atoms with Crippen LogP contribution in [0, 0.1) is 17.8 Å². The molecule has 4 atom stereocenters. The van der Waals surface area contributed by atoms with Crippen molar-refractivity contribution in [1.29, 1.82) is 0 Å². The second-order valence-electron chi connectivity index (χ2n) is 7.76. The zero-order valence-electron chi connectivity index (χ0n) is 13.6. The molecule has 116 valence electrons. The minimum atomic E-state index is 0.339. The molecule has 0 heterocycles. The number of hydrogen-bond acceptors (Lipinski definition) is 2. The molecule has 3 rings (SSSR count). The Kier molecular flexibility index (Phi) is 4.42. The van der Waals surface area contributed by atoms with Gasteiger partial charge in [0.05, 0.1) is 0 Å².